The van der Waals surface area contributed by atoms with Crippen LogP contribution in [0.5, 0.6) is 5.75 Å². The van der Waals surface area contributed by atoms with E-state index in [4.69, 9.17) is 10.5 Å². The molecule has 7 nitrogen and oxygen atoms in total. The number of ether oxygens (including phenoxy) is 1. The molecule has 0 saturated carbocycles. The zero-order valence-electron chi connectivity index (χ0n) is 10.4. The van der Waals surface area contributed by atoms with Crippen molar-refractivity contribution in [2.45, 2.75) is 0 Å². The normalized spacial score (nSPS) is 10.8. The van der Waals surface area contributed by atoms with Gasteiger partial charge in [-0.25, -0.2) is 14.3 Å². The van der Waals surface area contributed by atoms with E-state index in [1.165, 1.54) is 11.7 Å². The minimum atomic E-state index is -0.586. The van der Waals surface area contributed by atoms with Crippen molar-refractivity contribution in [1.82, 2.24) is 14.5 Å². The number of rotatable bonds is 2. The van der Waals surface area contributed by atoms with Crippen LogP contribution in [-0.2, 0) is 0 Å². The Hall–Kier alpha value is -2.61. The van der Waals surface area contributed by atoms with E-state index in [1.807, 2.05) is 0 Å². The smallest absolute Gasteiger partial charge is 0.334 e. The summed E-state index contributed by atoms with van der Waals surface area (Å²) >= 11 is 1.03. The summed E-state index contributed by atoms with van der Waals surface area (Å²) in [6.07, 6.45) is 0. The van der Waals surface area contributed by atoms with Crippen molar-refractivity contribution in [1.29, 1.82) is 0 Å². The number of anilines is 1. The van der Waals surface area contributed by atoms with Crippen molar-refractivity contribution < 1.29 is 4.74 Å². The molecule has 0 aliphatic carbocycles. The Labute approximate surface area is 116 Å². The Balaban J connectivity index is 2.48. The maximum Gasteiger partial charge on any atom is 0.334 e. The van der Waals surface area contributed by atoms with Crippen molar-refractivity contribution >= 4 is 26.8 Å². The summed E-state index contributed by atoms with van der Waals surface area (Å²) in [5, 5.41) is 0.222. The van der Waals surface area contributed by atoms with E-state index in [9.17, 15) is 9.59 Å². The molecule has 0 saturated heterocycles. The lowest BCUT2D eigenvalue weighted by Gasteiger charge is -2.10. The minimum absolute atomic E-state index is 0.222. The Morgan fingerprint density at radius 1 is 1.35 bits per heavy atom. The van der Waals surface area contributed by atoms with E-state index in [0.717, 1.165) is 11.3 Å². The molecule has 0 amide bonds. The van der Waals surface area contributed by atoms with E-state index in [-0.39, 0.29) is 10.8 Å². The molecule has 0 fully saturated rings. The fourth-order valence-corrected chi connectivity index (χ4v) is 2.68. The molecule has 3 aromatic rings. The van der Waals surface area contributed by atoms with Gasteiger partial charge in [0.25, 0.3) is 5.56 Å². The van der Waals surface area contributed by atoms with Gasteiger partial charge in [-0.2, -0.15) is 0 Å². The summed E-state index contributed by atoms with van der Waals surface area (Å²) in [5.74, 6) is 0.495. The first kappa shape index (κ1) is 12.4. The molecule has 0 spiro atoms. The van der Waals surface area contributed by atoms with Gasteiger partial charge in [-0.1, -0.05) is 23.5 Å². The van der Waals surface area contributed by atoms with Crippen LogP contribution in [0.3, 0.4) is 0 Å². The molecule has 2 aromatic heterocycles. The van der Waals surface area contributed by atoms with Gasteiger partial charge in [-0.15, -0.1) is 0 Å². The Bertz CT molecular complexity index is 909. The Morgan fingerprint density at radius 2 is 2.10 bits per heavy atom. The second-order valence-electron chi connectivity index (χ2n) is 3.97. The monoisotopic (exact) mass is 290 g/mol. The predicted octanol–water partition coefficient (Wildman–Crippen LogP) is 0.726. The highest BCUT2D eigenvalue weighted by Crippen LogP contribution is 2.25. The standard InChI is InChI=1S/C12H10N4O3S/c1-19-7-5-3-2-4-6(7)16-9-8(20-11(13)14-9)10(17)15-12(16)18/h2-5H,1H3,(H2,13,14)(H,15,17,18). The third-order valence-electron chi connectivity index (χ3n) is 2.79. The summed E-state index contributed by atoms with van der Waals surface area (Å²) in [7, 11) is 1.50. The number of hydrogen-bond donors (Lipinski definition) is 2. The van der Waals surface area contributed by atoms with Gasteiger partial charge in [-0.05, 0) is 12.1 Å². The number of H-pyrrole nitrogens is 1. The second-order valence-corrected chi connectivity index (χ2v) is 5.00. The van der Waals surface area contributed by atoms with E-state index in [2.05, 4.69) is 9.97 Å². The van der Waals surface area contributed by atoms with Gasteiger partial charge in [0.05, 0.1) is 12.8 Å². The lowest BCUT2D eigenvalue weighted by molar-refractivity contribution is 0.412. The number of benzene rings is 1. The maximum atomic E-state index is 12.1. The molecule has 0 aliphatic rings. The molecule has 20 heavy (non-hydrogen) atoms. The maximum absolute atomic E-state index is 12.1. The number of aromatic nitrogens is 3. The molecule has 0 atom stereocenters. The minimum Gasteiger partial charge on any atom is -0.495 e. The van der Waals surface area contributed by atoms with Gasteiger partial charge >= 0.3 is 5.69 Å². The summed E-state index contributed by atoms with van der Waals surface area (Å²) < 4.78 is 6.81. The molecule has 102 valence electrons. The van der Waals surface area contributed by atoms with Crippen LogP contribution in [0.4, 0.5) is 5.13 Å². The van der Waals surface area contributed by atoms with Gasteiger partial charge in [0.1, 0.15) is 10.4 Å². The van der Waals surface area contributed by atoms with E-state index < -0.39 is 11.2 Å². The zero-order valence-corrected chi connectivity index (χ0v) is 11.2. The Kier molecular flexibility index (Phi) is 2.79. The van der Waals surface area contributed by atoms with Crippen LogP contribution in [0.15, 0.2) is 33.9 Å². The average molecular weight is 290 g/mol. The van der Waals surface area contributed by atoms with Crippen molar-refractivity contribution in [2.24, 2.45) is 0 Å². The molecule has 1 aromatic carbocycles. The number of nitrogen functional groups attached to an aromatic ring is 1. The van der Waals surface area contributed by atoms with Crippen LogP contribution in [0.25, 0.3) is 16.0 Å². The first-order valence-corrected chi connectivity index (χ1v) is 6.48. The number of hydrogen-bond acceptors (Lipinski definition) is 6. The summed E-state index contributed by atoms with van der Waals surface area (Å²) in [4.78, 5) is 30.2. The van der Waals surface area contributed by atoms with E-state index >= 15 is 0 Å². The molecule has 3 N–H and O–H groups in total. The third kappa shape index (κ3) is 1.77. The fraction of sp³-hybridized carbons (Fsp3) is 0.0833. The van der Waals surface area contributed by atoms with E-state index in [0.29, 0.717) is 16.1 Å². The SMILES string of the molecule is COc1ccccc1-n1c(=O)[nH]c(=O)c2sc(N)nc21. The highest BCUT2D eigenvalue weighted by atomic mass is 32.1. The molecule has 0 radical (unpaired) electrons. The summed E-state index contributed by atoms with van der Waals surface area (Å²) in [6, 6.07) is 6.96. The first-order valence-electron chi connectivity index (χ1n) is 5.66. The topological polar surface area (TPSA) is 103 Å². The van der Waals surface area contributed by atoms with Crippen molar-refractivity contribution in [3.05, 3.63) is 45.1 Å². The van der Waals surface area contributed by atoms with Crippen LogP contribution in [0, 0.1) is 0 Å². The zero-order chi connectivity index (χ0) is 14.3. The van der Waals surface area contributed by atoms with Crippen molar-refractivity contribution in [2.75, 3.05) is 12.8 Å². The molecule has 0 unspecified atom stereocenters. The number of para-hydroxylation sites is 2. The van der Waals surface area contributed by atoms with Gasteiger partial charge in [0, 0.05) is 0 Å². The highest BCUT2D eigenvalue weighted by Gasteiger charge is 2.16. The van der Waals surface area contributed by atoms with Gasteiger partial charge < -0.3 is 10.5 Å². The molecule has 8 heteroatoms. The largest absolute Gasteiger partial charge is 0.495 e. The lowest BCUT2D eigenvalue weighted by atomic mass is 10.3. The highest BCUT2D eigenvalue weighted by molar-refractivity contribution is 7.21. The predicted molar refractivity (Wildman–Crippen MR) is 76.8 cm³/mol. The molecule has 3 rings (SSSR count). The van der Waals surface area contributed by atoms with Crippen LogP contribution >= 0.6 is 11.3 Å². The average Bonchev–Trinajstić information content (AvgIpc) is 2.81. The summed E-state index contributed by atoms with van der Waals surface area (Å²) in [6.45, 7) is 0. The lowest BCUT2D eigenvalue weighted by Crippen LogP contribution is -2.29. The second kappa shape index (κ2) is 4.49. The van der Waals surface area contributed by atoms with Crippen molar-refractivity contribution in [3.8, 4) is 11.4 Å². The van der Waals surface area contributed by atoms with Crippen LogP contribution in [-0.4, -0.2) is 21.6 Å². The van der Waals surface area contributed by atoms with Crippen molar-refractivity contribution in [3.63, 3.8) is 0 Å². The first-order chi connectivity index (χ1) is 9.61. The molecule has 2 heterocycles. The van der Waals surface area contributed by atoms with Crippen LogP contribution in [0.1, 0.15) is 0 Å². The van der Waals surface area contributed by atoms with Crippen LogP contribution in [0.2, 0.25) is 0 Å². The number of thiazole rings is 1. The number of nitrogens with zero attached hydrogens (tertiary/aromatic N) is 2. The molecular weight excluding hydrogens is 280 g/mol. The van der Waals surface area contributed by atoms with Gasteiger partial charge in [0.2, 0.25) is 0 Å². The molecular formula is C12H10N4O3S. The quantitative estimate of drug-likeness (QED) is 0.724. The summed E-state index contributed by atoms with van der Waals surface area (Å²) in [5.41, 5.74) is 5.27. The number of aromatic amines is 1. The van der Waals surface area contributed by atoms with Gasteiger partial charge in [0.15, 0.2) is 10.8 Å². The number of nitrogens with one attached hydrogen (secondary N) is 1. The Morgan fingerprint density at radius 3 is 2.85 bits per heavy atom. The number of methoxy groups -OCH3 is 1. The molecule has 0 bridgehead atoms. The fourth-order valence-electron chi connectivity index (χ4n) is 1.97. The number of fused-ring (bicyclic) bond motifs is 1. The van der Waals surface area contributed by atoms with E-state index in [1.54, 1.807) is 24.3 Å². The van der Waals surface area contributed by atoms with Crippen LogP contribution < -0.4 is 21.7 Å². The van der Waals surface area contributed by atoms with Gasteiger partial charge in [-0.3, -0.25) is 9.78 Å². The molecule has 0 aliphatic heterocycles. The third-order valence-corrected chi connectivity index (χ3v) is 3.67. The number of nitrogens with two attached hydrogens (primary N) is 1.